The van der Waals surface area contributed by atoms with Crippen molar-refractivity contribution in [2.75, 3.05) is 39.0 Å². The SMILES string of the molecule is CCNC(=O)C1OC(n2cnc3c(N)nc(C#CCC4CCN(C(=O)OC5CC(=O)N(C)C5)CC4)nc32)C(O)C1O. The molecule has 3 aliphatic heterocycles. The number of aliphatic hydroxyl groups is 2. The lowest BCUT2D eigenvalue weighted by Gasteiger charge is -2.31. The van der Waals surface area contributed by atoms with Gasteiger partial charge in [-0.1, -0.05) is 5.92 Å². The van der Waals surface area contributed by atoms with Gasteiger partial charge >= 0.3 is 6.09 Å². The maximum Gasteiger partial charge on any atom is 0.410 e. The first-order chi connectivity index (χ1) is 19.7. The number of nitrogens with zero attached hydrogens (tertiary/aromatic N) is 6. The number of imidazole rings is 1. The van der Waals surface area contributed by atoms with Crippen molar-refractivity contribution in [2.45, 2.75) is 63.3 Å². The highest BCUT2D eigenvalue weighted by molar-refractivity contribution is 5.83. The first-order valence-electron chi connectivity index (χ1n) is 13.6. The van der Waals surface area contributed by atoms with Gasteiger partial charge < -0.3 is 40.5 Å². The molecule has 5 atom stereocenters. The Balaban J connectivity index is 1.20. The summed E-state index contributed by atoms with van der Waals surface area (Å²) in [4.78, 5) is 52.5. The smallest absolute Gasteiger partial charge is 0.410 e. The van der Waals surface area contributed by atoms with Crippen LogP contribution in [0.15, 0.2) is 6.33 Å². The number of nitrogens with one attached hydrogen (secondary N) is 1. The fraction of sp³-hybridized carbons (Fsp3) is 0.615. The standard InChI is InChI=1S/C26H34N8O7/c1-3-28-24(38)21-19(36)20(37)25(41-21)34-13-29-18-22(27)30-16(31-23(18)34)6-4-5-14-7-9-33(10-8-14)26(39)40-15-11-17(35)32(2)12-15/h13-15,19-21,25,36-37H,3,5,7-12H2,1-2H3,(H,28,38)(H2,27,30,31). The van der Waals surface area contributed by atoms with Gasteiger partial charge in [-0.05, 0) is 31.6 Å². The minimum Gasteiger partial charge on any atom is -0.444 e. The molecule has 220 valence electrons. The molecule has 41 heavy (non-hydrogen) atoms. The predicted molar refractivity (Wildman–Crippen MR) is 143 cm³/mol. The van der Waals surface area contributed by atoms with E-state index in [9.17, 15) is 24.6 Å². The van der Waals surface area contributed by atoms with Gasteiger partial charge in [0.05, 0.1) is 19.3 Å². The van der Waals surface area contributed by atoms with Gasteiger partial charge in [0, 0.05) is 33.1 Å². The van der Waals surface area contributed by atoms with E-state index in [1.807, 2.05) is 0 Å². The number of nitrogen functional groups attached to an aromatic ring is 1. The van der Waals surface area contributed by atoms with E-state index in [1.165, 1.54) is 10.9 Å². The lowest BCUT2D eigenvalue weighted by Crippen LogP contribution is -2.42. The number of ether oxygens (including phenoxy) is 2. The highest BCUT2D eigenvalue weighted by atomic mass is 16.6. The Morgan fingerprint density at radius 1 is 1.24 bits per heavy atom. The number of carbonyl (C=O) groups is 3. The first-order valence-corrected chi connectivity index (χ1v) is 13.6. The van der Waals surface area contributed by atoms with Crippen LogP contribution in [0, 0.1) is 17.8 Å². The molecular formula is C26H34N8O7. The molecule has 0 aliphatic carbocycles. The van der Waals surface area contributed by atoms with Crippen molar-refractivity contribution in [3.8, 4) is 11.8 Å². The molecule has 15 heteroatoms. The molecule has 5 rings (SSSR count). The number of amides is 3. The Bertz CT molecular complexity index is 1380. The van der Waals surface area contributed by atoms with E-state index >= 15 is 0 Å². The third-order valence-electron chi connectivity index (χ3n) is 7.61. The summed E-state index contributed by atoms with van der Waals surface area (Å²) >= 11 is 0. The van der Waals surface area contributed by atoms with Crippen LogP contribution in [0.25, 0.3) is 11.2 Å². The molecule has 5 unspecified atom stereocenters. The third-order valence-corrected chi connectivity index (χ3v) is 7.61. The van der Waals surface area contributed by atoms with Crippen molar-refractivity contribution in [3.63, 3.8) is 0 Å². The van der Waals surface area contributed by atoms with E-state index < -0.39 is 42.6 Å². The van der Waals surface area contributed by atoms with Crippen LogP contribution in [0.3, 0.4) is 0 Å². The van der Waals surface area contributed by atoms with Crippen molar-refractivity contribution in [1.82, 2.24) is 34.6 Å². The monoisotopic (exact) mass is 570 g/mol. The van der Waals surface area contributed by atoms with Crippen LogP contribution in [0.2, 0.25) is 0 Å². The quantitative estimate of drug-likeness (QED) is 0.321. The van der Waals surface area contributed by atoms with E-state index in [0.29, 0.717) is 32.6 Å². The summed E-state index contributed by atoms with van der Waals surface area (Å²) in [6.45, 7) is 3.59. The molecule has 5 N–H and O–H groups in total. The van der Waals surface area contributed by atoms with Crippen molar-refractivity contribution in [1.29, 1.82) is 0 Å². The number of rotatable bonds is 5. The highest BCUT2D eigenvalue weighted by Crippen LogP contribution is 2.32. The van der Waals surface area contributed by atoms with Gasteiger partial charge in [0.1, 0.15) is 23.8 Å². The zero-order chi connectivity index (χ0) is 29.3. The number of nitrogens with two attached hydrogens (primary N) is 1. The summed E-state index contributed by atoms with van der Waals surface area (Å²) in [5.74, 6) is 5.99. The van der Waals surface area contributed by atoms with Gasteiger partial charge in [-0.2, -0.15) is 0 Å². The molecule has 0 aromatic carbocycles. The lowest BCUT2D eigenvalue weighted by atomic mass is 9.94. The Labute approximate surface area is 236 Å². The molecule has 3 aliphatic rings. The number of hydrogen-bond donors (Lipinski definition) is 4. The first kappa shape index (κ1) is 28.5. The number of aliphatic hydroxyl groups excluding tert-OH is 2. The fourth-order valence-corrected chi connectivity index (χ4v) is 5.27. The molecule has 0 bridgehead atoms. The number of likely N-dealkylation sites (tertiary alicyclic amines) is 2. The normalized spacial score (nSPS) is 26.7. The molecule has 3 amide bonds. The maximum atomic E-state index is 12.5. The van der Waals surface area contributed by atoms with Crippen molar-refractivity contribution in [3.05, 3.63) is 12.2 Å². The predicted octanol–water partition coefficient (Wildman–Crippen LogP) is -1.02. The van der Waals surface area contributed by atoms with Crippen molar-refractivity contribution >= 4 is 34.9 Å². The second-order valence-electron chi connectivity index (χ2n) is 10.5. The highest BCUT2D eigenvalue weighted by Gasteiger charge is 2.47. The molecule has 0 radical (unpaired) electrons. The van der Waals surface area contributed by atoms with Crippen LogP contribution in [-0.2, 0) is 19.1 Å². The number of anilines is 1. The van der Waals surface area contributed by atoms with E-state index in [4.69, 9.17) is 15.2 Å². The topological polar surface area (TPSA) is 198 Å². The zero-order valence-corrected chi connectivity index (χ0v) is 22.9. The van der Waals surface area contributed by atoms with Gasteiger partial charge in [0.15, 0.2) is 23.8 Å². The Morgan fingerprint density at radius 2 is 2.00 bits per heavy atom. The lowest BCUT2D eigenvalue weighted by molar-refractivity contribution is -0.137. The molecule has 0 spiro atoms. The van der Waals surface area contributed by atoms with E-state index in [0.717, 1.165) is 12.8 Å². The molecular weight excluding hydrogens is 536 g/mol. The van der Waals surface area contributed by atoms with Crippen LogP contribution in [-0.4, -0.2) is 115 Å². The Kier molecular flexibility index (Phi) is 8.25. The number of fused-ring (bicyclic) bond motifs is 1. The summed E-state index contributed by atoms with van der Waals surface area (Å²) in [5, 5.41) is 23.5. The Morgan fingerprint density at radius 3 is 2.68 bits per heavy atom. The molecule has 3 saturated heterocycles. The number of aromatic nitrogens is 4. The van der Waals surface area contributed by atoms with E-state index in [2.05, 4.69) is 32.1 Å². The van der Waals surface area contributed by atoms with Crippen LogP contribution < -0.4 is 11.1 Å². The van der Waals surface area contributed by atoms with Crippen molar-refractivity contribution in [2.24, 2.45) is 5.92 Å². The van der Waals surface area contributed by atoms with Crippen LogP contribution in [0.1, 0.15) is 44.7 Å². The van der Waals surface area contributed by atoms with Gasteiger partial charge in [-0.15, -0.1) is 0 Å². The molecule has 0 saturated carbocycles. The largest absolute Gasteiger partial charge is 0.444 e. The average Bonchev–Trinajstić information content (AvgIpc) is 3.60. The van der Waals surface area contributed by atoms with Gasteiger partial charge in [0.2, 0.25) is 11.7 Å². The summed E-state index contributed by atoms with van der Waals surface area (Å²) in [6.07, 6.45) is -2.36. The molecule has 5 heterocycles. The Hall–Kier alpha value is -4.00. The fourth-order valence-electron chi connectivity index (χ4n) is 5.27. The number of likely N-dealkylation sites (N-methyl/N-ethyl adjacent to an activating group) is 2. The molecule has 3 fully saturated rings. The van der Waals surface area contributed by atoms with Gasteiger partial charge in [-0.25, -0.2) is 19.7 Å². The van der Waals surface area contributed by atoms with Crippen LogP contribution in [0.5, 0.6) is 0 Å². The summed E-state index contributed by atoms with van der Waals surface area (Å²) in [7, 11) is 1.69. The third kappa shape index (κ3) is 5.90. The summed E-state index contributed by atoms with van der Waals surface area (Å²) in [5.41, 5.74) is 6.62. The second-order valence-corrected chi connectivity index (χ2v) is 10.5. The summed E-state index contributed by atoms with van der Waals surface area (Å²) in [6, 6.07) is 0. The average molecular weight is 571 g/mol. The second kappa shape index (κ2) is 11.9. The van der Waals surface area contributed by atoms with Crippen molar-refractivity contribution < 1.29 is 34.1 Å². The summed E-state index contributed by atoms with van der Waals surface area (Å²) < 4.78 is 12.6. The van der Waals surface area contributed by atoms with E-state index in [-0.39, 0.29) is 41.1 Å². The maximum absolute atomic E-state index is 12.5. The molecule has 15 nitrogen and oxygen atoms in total. The minimum atomic E-state index is -1.44. The van der Waals surface area contributed by atoms with Gasteiger partial charge in [0.25, 0.3) is 5.91 Å². The van der Waals surface area contributed by atoms with Crippen LogP contribution >= 0.6 is 0 Å². The van der Waals surface area contributed by atoms with Crippen LogP contribution in [0.4, 0.5) is 10.6 Å². The minimum absolute atomic E-state index is 0.0252. The molecule has 2 aromatic rings. The number of piperidine rings is 1. The zero-order valence-electron chi connectivity index (χ0n) is 22.9. The number of hydrogen-bond acceptors (Lipinski definition) is 11. The van der Waals surface area contributed by atoms with E-state index in [1.54, 1.807) is 23.8 Å². The van der Waals surface area contributed by atoms with Gasteiger partial charge in [-0.3, -0.25) is 14.2 Å². The number of carbonyl (C=O) groups excluding carboxylic acids is 3. The molecule has 2 aromatic heterocycles.